The second-order valence-electron chi connectivity index (χ2n) is 8.58. The van der Waals surface area contributed by atoms with Crippen molar-refractivity contribution in [2.45, 2.75) is 59.2 Å². The molecular weight excluding hydrogens is 398 g/mol. The number of nitrogens with zero attached hydrogens (tertiary/aromatic N) is 4. The van der Waals surface area contributed by atoms with Crippen LogP contribution in [0.25, 0.3) is 11.1 Å². The lowest BCUT2D eigenvalue weighted by Gasteiger charge is -2.40. The second-order valence-corrected chi connectivity index (χ2v) is 8.58. The van der Waals surface area contributed by atoms with Crippen LogP contribution in [0.4, 0.5) is 16.2 Å². The predicted molar refractivity (Wildman–Crippen MR) is 118 cm³/mol. The van der Waals surface area contributed by atoms with E-state index in [1.807, 2.05) is 25.1 Å². The molecule has 2 N–H and O–H groups in total. The van der Waals surface area contributed by atoms with Crippen LogP contribution in [-0.2, 0) is 19.9 Å². The van der Waals surface area contributed by atoms with E-state index in [2.05, 4.69) is 5.10 Å². The summed E-state index contributed by atoms with van der Waals surface area (Å²) in [6.45, 7) is 10.7. The summed E-state index contributed by atoms with van der Waals surface area (Å²) in [5.74, 6) is -0.601. The zero-order chi connectivity index (χ0) is 23.1. The topological polar surface area (TPSA) is 111 Å². The molecule has 9 nitrogen and oxygen atoms in total. The van der Waals surface area contributed by atoms with Crippen molar-refractivity contribution < 1.29 is 19.1 Å². The first-order chi connectivity index (χ1) is 14.4. The van der Waals surface area contributed by atoms with Gasteiger partial charge in [-0.2, -0.15) is 5.10 Å². The molecular formula is C22H29N5O4. The molecule has 0 fully saturated rings. The van der Waals surface area contributed by atoms with Crippen LogP contribution in [0.15, 0.2) is 30.6 Å². The first-order valence-corrected chi connectivity index (χ1v) is 10.2. The number of benzene rings is 1. The number of fused-ring (bicyclic) bond motifs is 1. The summed E-state index contributed by atoms with van der Waals surface area (Å²) in [6, 6.07) is 5.30. The maximum absolute atomic E-state index is 12.8. The number of ether oxygens (including phenoxy) is 1. The standard InChI is InChI=1S/C22H29N5O4/c1-13(2)31-21(30)25-11-14(3)27(15(4)28)18-8-7-16(9-19(18)25)17-10-24-26(12-17)22(5,6)20(23)29/h7-10,12-14H,11H2,1-6H3,(H2,23,29)/t14-/m0/s1. The van der Waals surface area contributed by atoms with Crippen molar-refractivity contribution in [3.63, 3.8) is 0 Å². The Morgan fingerprint density at radius 3 is 2.45 bits per heavy atom. The van der Waals surface area contributed by atoms with Crippen molar-refractivity contribution in [3.05, 3.63) is 30.6 Å². The molecule has 1 aliphatic heterocycles. The zero-order valence-corrected chi connectivity index (χ0v) is 18.7. The van der Waals surface area contributed by atoms with Crippen LogP contribution in [0.2, 0.25) is 0 Å². The number of carbonyl (C=O) groups excluding carboxylic acids is 3. The van der Waals surface area contributed by atoms with E-state index < -0.39 is 17.5 Å². The van der Waals surface area contributed by atoms with E-state index in [9.17, 15) is 14.4 Å². The molecule has 3 amide bonds. The van der Waals surface area contributed by atoms with E-state index in [0.29, 0.717) is 17.9 Å². The summed E-state index contributed by atoms with van der Waals surface area (Å²) in [6.07, 6.45) is 2.64. The maximum Gasteiger partial charge on any atom is 0.414 e. The molecule has 0 aliphatic carbocycles. The molecule has 1 aliphatic rings. The number of rotatable bonds is 4. The molecule has 0 bridgehead atoms. The summed E-state index contributed by atoms with van der Waals surface area (Å²) in [4.78, 5) is 40.1. The predicted octanol–water partition coefficient (Wildman–Crippen LogP) is 2.88. The Hall–Kier alpha value is -3.36. The van der Waals surface area contributed by atoms with Crippen molar-refractivity contribution in [2.75, 3.05) is 16.3 Å². The quantitative estimate of drug-likeness (QED) is 0.807. The first-order valence-electron chi connectivity index (χ1n) is 10.2. The van der Waals surface area contributed by atoms with Crippen LogP contribution in [-0.4, -0.2) is 46.4 Å². The fraction of sp³-hybridized carbons (Fsp3) is 0.455. The van der Waals surface area contributed by atoms with Gasteiger partial charge in [-0.25, -0.2) is 4.79 Å². The number of carbonyl (C=O) groups is 3. The van der Waals surface area contributed by atoms with E-state index >= 15 is 0 Å². The summed E-state index contributed by atoms with van der Waals surface area (Å²) >= 11 is 0. The number of hydrogen-bond acceptors (Lipinski definition) is 5. The van der Waals surface area contributed by atoms with Gasteiger partial charge in [-0.3, -0.25) is 19.2 Å². The van der Waals surface area contributed by atoms with Gasteiger partial charge in [0.2, 0.25) is 11.8 Å². The Morgan fingerprint density at radius 2 is 1.87 bits per heavy atom. The third kappa shape index (κ3) is 4.12. The SMILES string of the molecule is CC(=O)N1c2ccc(-c3cnn(C(C)(C)C(N)=O)c3)cc2N(C(=O)OC(C)C)C[C@@H]1C. The minimum Gasteiger partial charge on any atom is -0.446 e. The number of aromatic nitrogens is 2. The highest BCUT2D eigenvalue weighted by molar-refractivity contribution is 6.03. The van der Waals surface area contributed by atoms with Gasteiger partial charge in [0.15, 0.2) is 0 Å². The highest BCUT2D eigenvalue weighted by atomic mass is 16.6. The molecule has 2 aromatic rings. The third-order valence-corrected chi connectivity index (χ3v) is 5.40. The van der Waals surface area contributed by atoms with E-state index in [-0.39, 0.29) is 18.1 Å². The van der Waals surface area contributed by atoms with Gasteiger partial charge in [0.05, 0.1) is 29.7 Å². The van der Waals surface area contributed by atoms with Crippen LogP contribution in [0.3, 0.4) is 0 Å². The molecule has 1 aromatic carbocycles. The molecule has 0 saturated heterocycles. The van der Waals surface area contributed by atoms with Crippen molar-refractivity contribution in [1.82, 2.24) is 9.78 Å². The normalized spacial score (nSPS) is 16.3. The Labute approximate surface area is 181 Å². The molecule has 3 rings (SSSR count). The van der Waals surface area contributed by atoms with E-state index in [0.717, 1.165) is 11.1 Å². The largest absolute Gasteiger partial charge is 0.446 e. The Morgan fingerprint density at radius 1 is 1.19 bits per heavy atom. The number of primary amides is 1. The first kappa shape index (κ1) is 22.3. The summed E-state index contributed by atoms with van der Waals surface area (Å²) in [5.41, 5.74) is 7.26. The van der Waals surface area contributed by atoms with Gasteiger partial charge in [0.1, 0.15) is 5.54 Å². The summed E-state index contributed by atoms with van der Waals surface area (Å²) in [5, 5.41) is 4.29. The van der Waals surface area contributed by atoms with Crippen LogP contribution in [0.5, 0.6) is 0 Å². The molecule has 166 valence electrons. The van der Waals surface area contributed by atoms with Gasteiger partial charge in [0.25, 0.3) is 0 Å². The number of hydrogen-bond donors (Lipinski definition) is 1. The number of anilines is 2. The Balaban J connectivity index is 2.08. The zero-order valence-electron chi connectivity index (χ0n) is 18.7. The van der Waals surface area contributed by atoms with Crippen LogP contribution in [0.1, 0.15) is 41.5 Å². The molecule has 9 heteroatoms. The lowest BCUT2D eigenvalue weighted by Crippen LogP contribution is -2.51. The van der Waals surface area contributed by atoms with E-state index in [1.54, 1.807) is 49.9 Å². The lowest BCUT2D eigenvalue weighted by molar-refractivity contribution is -0.125. The molecule has 0 radical (unpaired) electrons. The Bertz CT molecular complexity index is 1030. The molecule has 1 aromatic heterocycles. The minimum atomic E-state index is -0.986. The molecule has 1 atom stereocenters. The smallest absolute Gasteiger partial charge is 0.414 e. The van der Waals surface area contributed by atoms with Gasteiger partial charge in [0, 0.05) is 25.2 Å². The van der Waals surface area contributed by atoms with Crippen LogP contribution < -0.4 is 15.5 Å². The van der Waals surface area contributed by atoms with Crippen molar-refractivity contribution >= 4 is 29.3 Å². The highest BCUT2D eigenvalue weighted by Gasteiger charge is 2.35. The van der Waals surface area contributed by atoms with Crippen molar-refractivity contribution in [2.24, 2.45) is 5.73 Å². The van der Waals surface area contributed by atoms with Crippen molar-refractivity contribution in [1.29, 1.82) is 0 Å². The van der Waals surface area contributed by atoms with Gasteiger partial charge >= 0.3 is 6.09 Å². The monoisotopic (exact) mass is 427 g/mol. The average Bonchev–Trinajstić information content (AvgIpc) is 3.16. The van der Waals surface area contributed by atoms with Gasteiger partial charge in [-0.15, -0.1) is 0 Å². The third-order valence-electron chi connectivity index (χ3n) is 5.40. The number of nitrogens with two attached hydrogens (primary N) is 1. The minimum absolute atomic E-state index is 0.102. The molecule has 0 spiro atoms. The molecule has 2 heterocycles. The van der Waals surface area contributed by atoms with Crippen molar-refractivity contribution in [3.8, 4) is 11.1 Å². The van der Waals surface area contributed by atoms with Gasteiger partial charge < -0.3 is 15.4 Å². The highest BCUT2D eigenvalue weighted by Crippen LogP contribution is 2.39. The van der Waals surface area contributed by atoms with E-state index in [1.165, 1.54) is 11.6 Å². The fourth-order valence-corrected chi connectivity index (χ4v) is 3.61. The Kier molecular flexibility index (Phi) is 5.80. The average molecular weight is 428 g/mol. The van der Waals surface area contributed by atoms with Crippen LogP contribution in [0, 0.1) is 0 Å². The van der Waals surface area contributed by atoms with Crippen LogP contribution >= 0.6 is 0 Å². The molecule has 0 unspecified atom stereocenters. The molecule has 0 saturated carbocycles. The number of amides is 3. The fourth-order valence-electron chi connectivity index (χ4n) is 3.61. The maximum atomic E-state index is 12.8. The molecule has 31 heavy (non-hydrogen) atoms. The lowest BCUT2D eigenvalue weighted by atomic mass is 10.0. The second kappa shape index (κ2) is 8.05. The van der Waals surface area contributed by atoms with Gasteiger partial charge in [-0.05, 0) is 52.3 Å². The van der Waals surface area contributed by atoms with E-state index in [4.69, 9.17) is 10.5 Å². The van der Waals surface area contributed by atoms with Gasteiger partial charge in [-0.1, -0.05) is 6.07 Å². The summed E-state index contributed by atoms with van der Waals surface area (Å²) in [7, 11) is 0. The summed E-state index contributed by atoms with van der Waals surface area (Å²) < 4.78 is 6.94.